The van der Waals surface area contributed by atoms with Gasteiger partial charge in [0.05, 0.1) is 18.1 Å². The molecule has 1 aromatic rings. The predicted molar refractivity (Wildman–Crippen MR) is 69.4 cm³/mol. The Kier molecular flexibility index (Phi) is 4.23. The molecule has 1 aromatic heterocycles. The maximum atomic E-state index is 11.3. The molecule has 1 unspecified atom stereocenters. The van der Waals surface area contributed by atoms with Crippen molar-refractivity contribution in [3.05, 3.63) is 12.4 Å². The highest BCUT2D eigenvalue weighted by Gasteiger charge is 2.27. The second-order valence-corrected chi connectivity index (χ2v) is 6.82. The molecule has 0 aliphatic carbocycles. The fourth-order valence-corrected chi connectivity index (χ4v) is 3.98. The van der Waals surface area contributed by atoms with Crippen molar-refractivity contribution in [2.45, 2.75) is 13.0 Å². The Morgan fingerprint density at radius 2 is 2.44 bits per heavy atom. The third-order valence-electron chi connectivity index (χ3n) is 3.13. The van der Waals surface area contributed by atoms with Crippen LogP contribution in [0.1, 0.15) is 6.42 Å². The lowest BCUT2D eigenvalue weighted by atomic mass is 10.1. The van der Waals surface area contributed by atoms with Crippen molar-refractivity contribution in [2.24, 2.45) is 5.92 Å². The van der Waals surface area contributed by atoms with Crippen molar-refractivity contribution < 1.29 is 13.2 Å². The fraction of sp³-hybridized carbons (Fsp3) is 0.727. The minimum Gasteiger partial charge on any atom is -0.383 e. The number of methoxy groups -OCH3 is 1. The second kappa shape index (κ2) is 5.71. The highest BCUT2D eigenvalue weighted by Crippen LogP contribution is 2.18. The van der Waals surface area contributed by atoms with Crippen LogP contribution in [0, 0.1) is 5.92 Å². The molecule has 102 valence electrons. The van der Waals surface area contributed by atoms with Gasteiger partial charge in [0, 0.05) is 32.6 Å². The van der Waals surface area contributed by atoms with E-state index in [0.717, 1.165) is 18.9 Å². The Labute approximate surface area is 107 Å². The van der Waals surface area contributed by atoms with Gasteiger partial charge in [-0.3, -0.25) is 0 Å². The maximum absolute atomic E-state index is 11.3. The van der Waals surface area contributed by atoms with Crippen LogP contribution < -0.4 is 5.32 Å². The van der Waals surface area contributed by atoms with Gasteiger partial charge < -0.3 is 14.6 Å². The third-order valence-corrected chi connectivity index (χ3v) is 4.96. The second-order valence-electron chi connectivity index (χ2n) is 4.59. The minimum atomic E-state index is -2.80. The highest BCUT2D eigenvalue weighted by atomic mass is 32.2. The lowest BCUT2D eigenvalue weighted by Crippen LogP contribution is -2.18. The van der Waals surface area contributed by atoms with Crippen LogP contribution in [-0.2, 0) is 21.1 Å². The first-order valence-corrected chi connectivity index (χ1v) is 7.87. The molecule has 1 saturated heterocycles. The average molecular weight is 273 g/mol. The van der Waals surface area contributed by atoms with Crippen molar-refractivity contribution in [3.63, 3.8) is 0 Å². The number of aromatic nitrogens is 2. The molecule has 1 N–H and O–H groups in total. The molecule has 1 aliphatic rings. The van der Waals surface area contributed by atoms with E-state index in [9.17, 15) is 8.42 Å². The maximum Gasteiger partial charge on any atom is 0.202 e. The summed E-state index contributed by atoms with van der Waals surface area (Å²) in [6.45, 7) is 2.02. The standard InChI is InChI=1S/C11H19N3O3S/c1-17-6-5-14-4-3-12-11(14)13-8-10-2-7-18(15,16)9-10/h3-4,10H,2,5-9H2,1H3,(H,12,13). The van der Waals surface area contributed by atoms with Gasteiger partial charge in [-0.25, -0.2) is 13.4 Å². The van der Waals surface area contributed by atoms with Gasteiger partial charge in [-0.2, -0.15) is 0 Å². The normalized spacial score (nSPS) is 22.2. The molecule has 0 spiro atoms. The van der Waals surface area contributed by atoms with Crippen LogP contribution in [0.15, 0.2) is 12.4 Å². The minimum absolute atomic E-state index is 0.197. The molecule has 1 fully saturated rings. The Hall–Kier alpha value is -1.08. The van der Waals surface area contributed by atoms with Crippen molar-refractivity contribution in [1.82, 2.24) is 9.55 Å². The number of anilines is 1. The predicted octanol–water partition coefficient (Wildman–Crippen LogP) is 0.376. The van der Waals surface area contributed by atoms with Crippen molar-refractivity contribution in [1.29, 1.82) is 0 Å². The van der Waals surface area contributed by atoms with E-state index in [1.54, 1.807) is 13.3 Å². The first kappa shape index (κ1) is 13.4. The SMILES string of the molecule is COCCn1ccnc1NCC1CCS(=O)(=O)C1. The molecule has 0 radical (unpaired) electrons. The van der Waals surface area contributed by atoms with Gasteiger partial charge in [0.2, 0.25) is 5.95 Å². The van der Waals surface area contributed by atoms with E-state index in [1.807, 2.05) is 10.8 Å². The molecule has 18 heavy (non-hydrogen) atoms. The molecule has 0 aromatic carbocycles. The van der Waals surface area contributed by atoms with Gasteiger partial charge >= 0.3 is 0 Å². The fourth-order valence-electron chi connectivity index (χ4n) is 2.12. The zero-order chi connectivity index (χ0) is 13.0. The van der Waals surface area contributed by atoms with Crippen molar-refractivity contribution >= 4 is 15.8 Å². The largest absolute Gasteiger partial charge is 0.383 e. The summed E-state index contributed by atoms with van der Waals surface area (Å²) in [5.41, 5.74) is 0. The van der Waals surface area contributed by atoms with E-state index in [0.29, 0.717) is 24.7 Å². The van der Waals surface area contributed by atoms with Gasteiger partial charge in [-0.05, 0) is 12.3 Å². The monoisotopic (exact) mass is 273 g/mol. The van der Waals surface area contributed by atoms with E-state index in [1.165, 1.54) is 0 Å². The molecule has 0 amide bonds. The van der Waals surface area contributed by atoms with Crippen LogP contribution in [0.5, 0.6) is 0 Å². The average Bonchev–Trinajstić information content (AvgIpc) is 2.90. The summed E-state index contributed by atoms with van der Waals surface area (Å²) in [5.74, 6) is 1.58. The molecular weight excluding hydrogens is 254 g/mol. The Morgan fingerprint density at radius 1 is 1.61 bits per heavy atom. The van der Waals surface area contributed by atoms with Crippen LogP contribution in [0.2, 0.25) is 0 Å². The highest BCUT2D eigenvalue weighted by molar-refractivity contribution is 7.91. The lowest BCUT2D eigenvalue weighted by Gasteiger charge is -2.12. The molecule has 0 bridgehead atoms. The van der Waals surface area contributed by atoms with Gasteiger partial charge in [0.15, 0.2) is 9.84 Å². The van der Waals surface area contributed by atoms with Gasteiger partial charge in [-0.15, -0.1) is 0 Å². The summed E-state index contributed by atoms with van der Waals surface area (Å²) in [7, 11) is -1.14. The van der Waals surface area contributed by atoms with Crippen LogP contribution in [0.25, 0.3) is 0 Å². The molecule has 1 atom stereocenters. The summed E-state index contributed by atoms with van der Waals surface area (Å²) in [5, 5.41) is 3.21. The first-order valence-electron chi connectivity index (χ1n) is 6.05. The quantitative estimate of drug-likeness (QED) is 0.811. The van der Waals surface area contributed by atoms with Gasteiger partial charge in [0.1, 0.15) is 0 Å². The van der Waals surface area contributed by atoms with Crippen LogP contribution in [0.3, 0.4) is 0 Å². The summed E-state index contributed by atoms with van der Waals surface area (Å²) in [6, 6.07) is 0. The van der Waals surface area contributed by atoms with Crippen LogP contribution >= 0.6 is 0 Å². The summed E-state index contributed by atoms with van der Waals surface area (Å²) in [6.07, 6.45) is 4.35. The molecule has 2 rings (SSSR count). The van der Waals surface area contributed by atoms with Crippen molar-refractivity contribution in [3.8, 4) is 0 Å². The Morgan fingerprint density at radius 3 is 3.11 bits per heavy atom. The molecule has 2 heterocycles. The summed E-state index contributed by atoms with van der Waals surface area (Å²) < 4.78 is 29.7. The third kappa shape index (κ3) is 3.46. The zero-order valence-electron chi connectivity index (χ0n) is 10.5. The molecule has 7 heteroatoms. The number of imidazole rings is 1. The molecule has 0 saturated carbocycles. The van der Waals surface area contributed by atoms with E-state index < -0.39 is 9.84 Å². The van der Waals surface area contributed by atoms with Crippen LogP contribution in [-0.4, -0.2) is 49.7 Å². The summed E-state index contributed by atoms with van der Waals surface area (Å²) >= 11 is 0. The number of hydrogen-bond donors (Lipinski definition) is 1. The zero-order valence-corrected chi connectivity index (χ0v) is 11.3. The Bertz CT molecular complexity index is 483. The number of nitrogens with one attached hydrogen (secondary N) is 1. The number of sulfone groups is 1. The summed E-state index contributed by atoms with van der Waals surface area (Å²) in [4.78, 5) is 4.21. The lowest BCUT2D eigenvalue weighted by molar-refractivity contribution is 0.187. The van der Waals surface area contributed by atoms with Crippen LogP contribution in [0.4, 0.5) is 5.95 Å². The molecular formula is C11H19N3O3S. The topological polar surface area (TPSA) is 73.2 Å². The van der Waals surface area contributed by atoms with Crippen molar-refractivity contribution in [2.75, 3.05) is 37.1 Å². The van der Waals surface area contributed by atoms with Gasteiger partial charge in [0.25, 0.3) is 0 Å². The number of rotatable bonds is 6. The van der Waals surface area contributed by atoms with E-state index >= 15 is 0 Å². The number of nitrogens with zero attached hydrogens (tertiary/aromatic N) is 2. The molecule has 6 nitrogen and oxygen atoms in total. The first-order chi connectivity index (χ1) is 8.61. The Balaban J connectivity index is 1.85. The number of hydrogen-bond acceptors (Lipinski definition) is 5. The van der Waals surface area contributed by atoms with E-state index in [4.69, 9.17) is 4.74 Å². The van der Waals surface area contributed by atoms with E-state index in [-0.39, 0.29) is 5.92 Å². The molecule has 1 aliphatic heterocycles. The smallest absolute Gasteiger partial charge is 0.202 e. The van der Waals surface area contributed by atoms with Gasteiger partial charge in [-0.1, -0.05) is 0 Å². The van der Waals surface area contributed by atoms with E-state index in [2.05, 4.69) is 10.3 Å². The number of ether oxygens (including phenoxy) is 1.